The minimum absolute atomic E-state index is 0.206. The third kappa shape index (κ3) is 3.29. The van der Waals surface area contributed by atoms with E-state index in [1.807, 2.05) is 38.1 Å². The molecular weight excluding hydrogens is 370 g/mol. The second-order valence-electron chi connectivity index (χ2n) is 6.88. The molecule has 140 valence electrons. The van der Waals surface area contributed by atoms with Gasteiger partial charge in [0.25, 0.3) is 0 Å². The van der Waals surface area contributed by atoms with Crippen molar-refractivity contribution in [3.05, 3.63) is 64.7 Å². The van der Waals surface area contributed by atoms with E-state index in [4.69, 9.17) is 22.1 Å². The number of rotatable bonds is 7. The standard InChI is InChI=1S/C20H24ClNO3S/c1-3-25-13-20(12-22)18(15-6-8-16(21)9-7-15)19(20)26(23,24)17-10-4-14(2)5-11-17/h4-11,18-19H,3,12-13,22H2,1-2H3. The van der Waals surface area contributed by atoms with E-state index in [1.165, 1.54) is 0 Å². The van der Waals surface area contributed by atoms with Crippen molar-refractivity contribution in [2.45, 2.75) is 29.9 Å². The Hall–Kier alpha value is -1.40. The lowest BCUT2D eigenvalue weighted by Gasteiger charge is -2.16. The van der Waals surface area contributed by atoms with Gasteiger partial charge in [0.15, 0.2) is 9.84 Å². The fraction of sp³-hybridized carbons (Fsp3) is 0.400. The number of hydrogen-bond acceptors (Lipinski definition) is 4. The maximum atomic E-state index is 13.4. The van der Waals surface area contributed by atoms with Gasteiger partial charge in [0.1, 0.15) is 0 Å². The first kappa shape index (κ1) is 19.4. The fourth-order valence-electron chi connectivity index (χ4n) is 3.76. The lowest BCUT2D eigenvalue weighted by molar-refractivity contribution is 0.101. The smallest absolute Gasteiger partial charge is 0.182 e. The Balaban J connectivity index is 2.03. The van der Waals surface area contributed by atoms with E-state index in [0.29, 0.717) is 23.1 Å². The summed E-state index contributed by atoms with van der Waals surface area (Å²) in [5.41, 5.74) is 7.42. The highest BCUT2D eigenvalue weighted by Gasteiger charge is 2.70. The Labute approximate surface area is 160 Å². The van der Waals surface area contributed by atoms with Crippen molar-refractivity contribution in [2.75, 3.05) is 19.8 Å². The molecule has 0 amide bonds. The molecule has 0 saturated heterocycles. The van der Waals surface area contributed by atoms with Gasteiger partial charge in [-0.3, -0.25) is 0 Å². The van der Waals surface area contributed by atoms with Gasteiger partial charge in [-0.1, -0.05) is 41.4 Å². The summed E-state index contributed by atoms with van der Waals surface area (Å²) < 4.78 is 32.4. The topological polar surface area (TPSA) is 69.4 Å². The molecular formula is C20H24ClNO3S. The number of hydrogen-bond donors (Lipinski definition) is 1. The summed E-state index contributed by atoms with van der Waals surface area (Å²) in [5.74, 6) is -0.206. The van der Waals surface area contributed by atoms with Crippen molar-refractivity contribution in [2.24, 2.45) is 11.1 Å². The van der Waals surface area contributed by atoms with Crippen molar-refractivity contribution >= 4 is 21.4 Å². The van der Waals surface area contributed by atoms with E-state index in [-0.39, 0.29) is 12.5 Å². The summed E-state index contributed by atoms with van der Waals surface area (Å²) in [6.07, 6.45) is 0. The predicted molar refractivity (Wildman–Crippen MR) is 104 cm³/mol. The molecule has 26 heavy (non-hydrogen) atoms. The predicted octanol–water partition coefficient (Wildman–Crippen LogP) is 3.57. The first-order valence-electron chi connectivity index (χ1n) is 8.70. The van der Waals surface area contributed by atoms with E-state index in [1.54, 1.807) is 24.3 Å². The monoisotopic (exact) mass is 393 g/mol. The van der Waals surface area contributed by atoms with Crippen LogP contribution in [0.1, 0.15) is 24.0 Å². The third-order valence-electron chi connectivity index (χ3n) is 5.25. The molecule has 1 aliphatic carbocycles. The second-order valence-corrected chi connectivity index (χ2v) is 9.39. The Morgan fingerprint density at radius 2 is 1.73 bits per heavy atom. The van der Waals surface area contributed by atoms with Crippen LogP contribution in [0.2, 0.25) is 5.02 Å². The van der Waals surface area contributed by atoms with Crippen LogP contribution in [0.15, 0.2) is 53.4 Å². The Kier molecular flexibility index (Phi) is 5.45. The van der Waals surface area contributed by atoms with E-state index in [0.717, 1.165) is 11.1 Å². The van der Waals surface area contributed by atoms with E-state index in [2.05, 4.69) is 0 Å². The van der Waals surface area contributed by atoms with Crippen molar-refractivity contribution in [3.63, 3.8) is 0 Å². The zero-order valence-corrected chi connectivity index (χ0v) is 16.6. The first-order chi connectivity index (χ1) is 12.4. The largest absolute Gasteiger partial charge is 0.381 e. The van der Waals surface area contributed by atoms with Crippen molar-refractivity contribution < 1.29 is 13.2 Å². The minimum Gasteiger partial charge on any atom is -0.381 e. The van der Waals surface area contributed by atoms with Crippen LogP contribution in [0.4, 0.5) is 0 Å². The van der Waals surface area contributed by atoms with Gasteiger partial charge in [0.2, 0.25) is 0 Å². The van der Waals surface area contributed by atoms with Crippen molar-refractivity contribution in [3.8, 4) is 0 Å². The quantitative estimate of drug-likeness (QED) is 0.780. The molecule has 2 N–H and O–H groups in total. The molecule has 3 atom stereocenters. The average molecular weight is 394 g/mol. The highest BCUT2D eigenvalue weighted by atomic mass is 35.5. The van der Waals surface area contributed by atoms with Crippen LogP contribution in [0.3, 0.4) is 0 Å². The van der Waals surface area contributed by atoms with Gasteiger partial charge >= 0.3 is 0 Å². The van der Waals surface area contributed by atoms with Crippen LogP contribution in [0.25, 0.3) is 0 Å². The minimum atomic E-state index is -3.53. The maximum absolute atomic E-state index is 13.4. The molecule has 0 spiro atoms. The van der Waals surface area contributed by atoms with Gasteiger partial charge < -0.3 is 10.5 Å². The summed E-state index contributed by atoms with van der Waals surface area (Å²) in [6, 6.07) is 14.3. The van der Waals surface area contributed by atoms with Crippen LogP contribution in [0, 0.1) is 12.3 Å². The van der Waals surface area contributed by atoms with Crippen LogP contribution in [-0.2, 0) is 14.6 Å². The molecule has 0 radical (unpaired) electrons. The van der Waals surface area contributed by atoms with E-state index in [9.17, 15) is 8.42 Å². The summed E-state index contributed by atoms with van der Waals surface area (Å²) in [5, 5.41) is 0.0194. The molecule has 0 bridgehead atoms. The van der Waals surface area contributed by atoms with Crippen molar-refractivity contribution in [1.82, 2.24) is 0 Å². The van der Waals surface area contributed by atoms with E-state index < -0.39 is 20.5 Å². The molecule has 3 rings (SSSR count). The summed E-state index contributed by atoms with van der Waals surface area (Å²) >= 11 is 5.99. The van der Waals surface area contributed by atoms with Gasteiger partial charge in [0, 0.05) is 29.5 Å². The van der Waals surface area contributed by atoms with Gasteiger partial charge in [0.05, 0.1) is 16.8 Å². The lowest BCUT2D eigenvalue weighted by atomic mass is 10.00. The summed E-state index contributed by atoms with van der Waals surface area (Å²) in [6.45, 7) is 4.92. The molecule has 1 fully saturated rings. The number of benzene rings is 2. The molecule has 4 nitrogen and oxygen atoms in total. The number of ether oxygens (including phenoxy) is 1. The van der Waals surface area contributed by atoms with Gasteiger partial charge in [-0.25, -0.2) is 8.42 Å². The maximum Gasteiger partial charge on any atom is 0.182 e. The molecule has 0 aromatic heterocycles. The first-order valence-corrected chi connectivity index (χ1v) is 10.6. The molecule has 1 saturated carbocycles. The number of sulfone groups is 1. The van der Waals surface area contributed by atoms with Gasteiger partial charge in [-0.2, -0.15) is 0 Å². The van der Waals surface area contributed by atoms with Crippen LogP contribution in [-0.4, -0.2) is 33.4 Å². The van der Waals surface area contributed by atoms with Crippen LogP contribution in [0.5, 0.6) is 0 Å². The molecule has 2 aromatic carbocycles. The second kappa shape index (κ2) is 7.31. The molecule has 6 heteroatoms. The zero-order chi connectivity index (χ0) is 18.9. The molecule has 3 unspecified atom stereocenters. The van der Waals surface area contributed by atoms with Crippen molar-refractivity contribution in [1.29, 1.82) is 0 Å². The van der Waals surface area contributed by atoms with Crippen LogP contribution < -0.4 is 5.73 Å². The Bertz CT molecular complexity index is 865. The Morgan fingerprint density at radius 1 is 1.12 bits per heavy atom. The van der Waals surface area contributed by atoms with E-state index >= 15 is 0 Å². The molecule has 0 aliphatic heterocycles. The molecule has 2 aromatic rings. The zero-order valence-electron chi connectivity index (χ0n) is 15.0. The third-order valence-corrected chi connectivity index (χ3v) is 7.84. The summed E-state index contributed by atoms with van der Waals surface area (Å²) in [4.78, 5) is 0.332. The molecule has 1 aliphatic rings. The van der Waals surface area contributed by atoms with Gasteiger partial charge in [-0.15, -0.1) is 0 Å². The van der Waals surface area contributed by atoms with Gasteiger partial charge in [-0.05, 0) is 43.7 Å². The summed E-state index contributed by atoms with van der Waals surface area (Å²) in [7, 11) is -3.53. The average Bonchev–Trinajstić information content (AvgIpc) is 3.31. The normalized spacial score (nSPS) is 25.2. The lowest BCUT2D eigenvalue weighted by Crippen LogP contribution is -2.29. The highest BCUT2D eigenvalue weighted by molar-refractivity contribution is 7.92. The highest BCUT2D eigenvalue weighted by Crippen LogP contribution is 2.63. The fourth-order valence-corrected chi connectivity index (χ4v) is 6.33. The number of aryl methyl sites for hydroxylation is 1. The number of halogens is 1. The number of nitrogens with two attached hydrogens (primary N) is 1. The Morgan fingerprint density at radius 3 is 2.27 bits per heavy atom. The SMILES string of the molecule is CCOCC1(CN)C(c2ccc(Cl)cc2)C1S(=O)(=O)c1ccc(C)cc1. The molecule has 0 heterocycles. The van der Waals surface area contributed by atoms with Crippen LogP contribution >= 0.6 is 11.6 Å².